The van der Waals surface area contributed by atoms with Gasteiger partial charge in [-0.15, -0.1) is 11.8 Å². The Morgan fingerprint density at radius 3 is 2.95 bits per heavy atom. The highest BCUT2D eigenvalue weighted by Crippen LogP contribution is 2.27. The first kappa shape index (κ1) is 15.7. The Morgan fingerprint density at radius 2 is 2.25 bits per heavy atom. The Labute approximate surface area is 132 Å². The molecule has 4 nitrogen and oxygen atoms in total. The predicted molar refractivity (Wildman–Crippen MR) is 87.7 cm³/mol. The summed E-state index contributed by atoms with van der Waals surface area (Å²) >= 11 is 5.17. The molecule has 6 heteroatoms. The summed E-state index contributed by atoms with van der Waals surface area (Å²) in [5.41, 5.74) is 0.750. The molecular formula is C14H19BrN2O2S. The summed E-state index contributed by atoms with van der Waals surface area (Å²) in [5.74, 6) is 1.26. The maximum Gasteiger partial charge on any atom is 0.234 e. The van der Waals surface area contributed by atoms with Crippen LogP contribution in [0, 0.1) is 0 Å². The van der Waals surface area contributed by atoms with Crippen LogP contribution in [0.3, 0.4) is 0 Å². The molecule has 0 aliphatic carbocycles. The van der Waals surface area contributed by atoms with E-state index in [1.54, 1.807) is 18.9 Å². The topological polar surface area (TPSA) is 50.4 Å². The molecule has 1 aromatic rings. The highest BCUT2D eigenvalue weighted by molar-refractivity contribution is 9.10. The van der Waals surface area contributed by atoms with Crippen molar-refractivity contribution >= 4 is 39.3 Å². The van der Waals surface area contributed by atoms with E-state index in [9.17, 15) is 4.79 Å². The van der Waals surface area contributed by atoms with Crippen LogP contribution in [0.25, 0.3) is 0 Å². The van der Waals surface area contributed by atoms with Gasteiger partial charge in [-0.05, 0) is 54.0 Å². The summed E-state index contributed by atoms with van der Waals surface area (Å²) < 4.78 is 6.02. The quantitative estimate of drug-likeness (QED) is 0.849. The van der Waals surface area contributed by atoms with E-state index in [0.29, 0.717) is 11.0 Å². The van der Waals surface area contributed by atoms with Crippen LogP contribution < -0.4 is 15.4 Å². The summed E-state index contributed by atoms with van der Waals surface area (Å²) in [4.78, 5) is 12.0. The second-order valence-electron chi connectivity index (χ2n) is 4.65. The molecule has 20 heavy (non-hydrogen) atoms. The monoisotopic (exact) mass is 358 g/mol. The standard InChI is InChI=1S/C14H19BrN2O2S/c1-19-10-2-3-12(15)13(8-10)17-14(18)9-20-11-4-6-16-7-5-11/h2-3,8,11,16H,4-7,9H2,1H3,(H,17,18). The lowest BCUT2D eigenvalue weighted by Gasteiger charge is -2.21. The summed E-state index contributed by atoms with van der Waals surface area (Å²) in [7, 11) is 1.61. The van der Waals surface area contributed by atoms with Gasteiger partial charge in [0.1, 0.15) is 5.75 Å². The number of halogens is 1. The SMILES string of the molecule is COc1ccc(Br)c(NC(=O)CSC2CCNCC2)c1. The zero-order valence-electron chi connectivity index (χ0n) is 11.4. The van der Waals surface area contributed by atoms with Crippen LogP contribution in [0.1, 0.15) is 12.8 Å². The third kappa shape index (κ3) is 4.68. The fraction of sp³-hybridized carbons (Fsp3) is 0.500. The number of thioether (sulfide) groups is 1. The van der Waals surface area contributed by atoms with Gasteiger partial charge in [0.05, 0.1) is 18.6 Å². The number of piperidine rings is 1. The van der Waals surface area contributed by atoms with Gasteiger partial charge >= 0.3 is 0 Å². The number of anilines is 1. The van der Waals surface area contributed by atoms with Gasteiger partial charge in [0.25, 0.3) is 0 Å². The van der Waals surface area contributed by atoms with Crippen LogP contribution in [0.2, 0.25) is 0 Å². The number of amides is 1. The van der Waals surface area contributed by atoms with Gasteiger partial charge in [0.2, 0.25) is 5.91 Å². The van der Waals surface area contributed by atoms with E-state index in [1.807, 2.05) is 18.2 Å². The maximum atomic E-state index is 12.0. The summed E-state index contributed by atoms with van der Waals surface area (Å²) in [6.07, 6.45) is 2.28. The molecule has 1 aromatic carbocycles. The minimum Gasteiger partial charge on any atom is -0.497 e. The number of carbonyl (C=O) groups excluding carboxylic acids is 1. The minimum absolute atomic E-state index is 0.0301. The molecule has 1 heterocycles. The Bertz CT molecular complexity index is 464. The molecule has 2 rings (SSSR count). The molecule has 0 atom stereocenters. The number of methoxy groups -OCH3 is 1. The molecule has 0 aromatic heterocycles. The summed E-state index contributed by atoms with van der Waals surface area (Å²) in [6.45, 7) is 2.11. The average Bonchev–Trinajstić information content (AvgIpc) is 2.48. The molecule has 0 radical (unpaired) electrons. The zero-order valence-corrected chi connectivity index (χ0v) is 13.9. The molecule has 1 fully saturated rings. The van der Waals surface area contributed by atoms with Crippen LogP contribution in [-0.2, 0) is 4.79 Å². The lowest BCUT2D eigenvalue weighted by Crippen LogP contribution is -2.30. The second kappa shape index (κ2) is 7.90. The van der Waals surface area contributed by atoms with Crippen molar-refractivity contribution in [3.8, 4) is 5.75 Å². The van der Waals surface area contributed by atoms with E-state index in [-0.39, 0.29) is 5.91 Å². The van der Waals surface area contributed by atoms with Crippen molar-refractivity contribution in [3.63, 3.8) is 0 Å². The van der Waals surface area contributed by atoms with Crippen molar-refractivity contribution in [2.75, 3.05) is 31.3 Å². The van der Waals surface area contributed by atoms with Crippen LogP contribution >= 0.6 is 27.7 Å². The van der Waals surface area contributed by atoms with Gasteiger partial charge in [0, 0.05) is 15.8 Å². The van der Waals surface area contributed by atoms with E-state index in [2.05, 4.69) is 26.6 Å². The average molecular weight is 359 g/mol. The summed E-state index contributed by atoms with van der Waals surface area (Å²) in [5, 5.41) is 6.84. The Morgan fingerprint density at radius 1 is 1.50 bits per heavy atom. The Balaban J connectivity index is 1.84. The smallest absolute Gasteiger partial charge is 0.234 e. The molecule has 110 valence electrons. The predicted octanol–water partition coefficient (Wildman–Crippen LogP) is 2.88. The van der Waals surface area contributed by atoms with Crippen LogP contribution in [0.5, 0.6) is 5.75 Å². The van der Waals surface area contributed by atoms with Gasteiger partial charge in [-0.25, -0.2) is 0 Å². The van der Waals surface area contributed by atoms with Gasteiger partial charge in [-0.2, -0.15) is 0 Å². The lowest BCUT2D eigenvalue weighted by molar-refractivity contribution is -0.113. The van der Waals surface area contributed by atoms with Crippen LogP contribution in [-0.4, -0.2) is 37.1 Å². The van der Waals surface area contributed by atoms with Gasteiger partial charge in [0.15, 0.2) is 0 Å². The molecule has 1 aliphatic rings. The normalized spacial score (nSPS) is 15.9. The number of ether oxygens (including phenoxy) is 1. The van der Waals surface area contributed by atoms with E-state index in [0.717, 1.165) is 41.8 Å². The number of nitrogens with one attached hydrogen (secondary N) is 2. The summed E-state index contributed by atoms with van der Waals surface area (Å²) in [6, 6.07) is 5.54. The van der Waals surface area contributed by atoms with Crippen molar-refractivity contribution in [1.29, 1.82) is 0 Å². The number of rotatable bonds is 5. The number of benzene rings is 1. The lowest BCUT2D eigenvalue weighted by atomic mass is 10.2. The first-order chi connectivity index (χ1) is 9.69. The van der Waals surface area contributed by atoms with E-state index >= 15 is 0 Å². The second-order valence-corrected chi connectivity index (χ2v) is 6.80. The highest BCUT2D eigenvalue weighted by atomic mass is 79.9. The van der Waals surface area contributed by atoms with Crippen molar-refractivity contribution < 1.29 is 9.53 Å². The fourth-order valence-electron chi connectivity index (χ4n) is 2.07. The number of hydrogen-bond donors (Lipinski definition) is 2. The van der Waals surface area contributed by atoms with Crippen molar-refractivity contribution in [3.05, 3.63) is 22.7 Å². The molecule has 0 saturated carbocycles. The maximum absolute atomic E-state index is 12.0. The third-order valence-electron chi connectivity index (χ3n) is 3.18. The van der Waals surface area contributed by atoms with Crippen molar-refractivity contribution in [2.45, 2.75) is 18.1 Å². The first-order valence-electron chi connectivity index (χ1n) is 6.65. The molecular weight excluding hydrogens is 340 g/mol. The Kier molecular flexibility index (Phi) is 6.19. The van der Waals surface area contributed by atoms with Crippen molar-refractivity contribution in [1.82, 2.24) is 5.32 Å². The van der Waals surface area contributed by atoms with E-state index in [1.165, 1.54) is 0 Å². The first-order valence-corrected chi connectivity index (χ1v) is 8.49. The molecule has 0 unspecified atom stereocenters. The molecule has 1 amide bonds. The van der Waals surface area contributed by atoms with Gasteiger partial charge < -0.3 is 15.4 Å². The molecule has 0 bridgehead atoms. The number of carbonyl (C=O) groups is 1. The zero-order chi connectivity index (χ0) is 14.4. The van der Waals surface area contributed by atoms with Crippen LogP contribution in [0.4, 0.5) is 5.69 Å². The van der Waals surface area contributed by atoms with Gasteiger partial charge in [-0.1, -0.05) is 0 Å². The molecule has 1 aliphatic heterocycles. The largest absolute Gasteiger partial charge is 0.497 e. The third-order valence-corrected chi connectivity index (χ3v) is 5.25. The molecule has 2 N–H and O–H groups in total. The highest BCUT2D eigenvalue weighted by Gasteiger charge is 2.15. The van der Waals surface area contributed by atoms with Crippen molar-refractivity contribution in [2.24, 2.45) is 0 Å². The van der Waals surface area contributed by atoms with Crippen LogP contribution in [0.15, 0.2) is 22.7 Å². The van der Waals surface area contributed by atoms with E-state index < -0.39 is 0 Å². The molecule has 0 spiro atoms. The Hall–Kier alpha value is -0.720. The van der Waals surface area contributed by atoms with E-state index in [4.69, 9.17) is 4.74 Å². The molecule has 1 saturated heterocycles. The number of hydrogen-bond acceptors (Lipinski definition) is 4. The fourth-order valence-corrected chi connectivity index (χ4v) is 3.44. The minimum atomic E-state index is 0.0301. The van der Waals surface area contributed by atoms with Gasteiger partial charge in [-0.3, -0.25) is 4.79 Å².